The van der Waals surface area contributed by atoms with Gasteiger partial charge in [-0.25, -0.2) is 4.98 Å². The fraction of sp³-hybridized carbons (Fsp3) is 0.154. The van der Waals surface area contributed by atoms with Crippen LogP contribution in [0.15, 0.2) is 35.1 Å². The molecule has 6 heteroatoms. The molecule has 0 radical (unpaired) electrons. The van der Waals surface area contributed by atoms with Gasteiger partial charge >= 0.3 is 0 Å². The van der Waals surface area contributed by atoms with E-state index in [1.165, 1.54) is 4.90 Å². The van der Waals surface area contributed by atoms with Gasteiger partial charge in [0, 0.05) is 29.8 Å². The maximum Gasteiger partial charge on any atom is 0.261 e. The van der Waals surface area contributed by atoms with Gasteiger partial charge in [-0.1, -0.05) is 15.9 Å². The Morgan fingerprint density at radius 2 is 2.00 bits per heavy atom. The second-order valence-corrected chi connectivity index (χ2v) is 5.15. The number of nitrogens with one attached hydrogen (secondary N) is 1. The molecule has 96 valence electrons. The normalized spacial score (nSPS) is 14.1. The molecule has 0 saturated heterocycles. The Balaban J connectivity index is 1.82. The first-order valence-corrected chi connectivity index (χ1v) is 6.60. The van der Waals surface area contributed by atoms with Gasteiger partial charge in [0.15, 0.2) is 0 Å². The second kappa shape index (κ2) is 4.62. The van der Waals surface area contributed by atoms with E-state index in [0.29, 0.717) is 24.1 Å². The fourth-order valence-corrected chi connectivity index (χ4v) is 2.48. The van der Waals surface area contributed by atoms with Gasteiger partial charge in [-0.2, -0.15) is 0 Å². The average Bonchev–Trinajstić information content (AvgIpc) is 2.98. The molecule has 0 bridgehead atoms. The molecule has 19 heavy (non-hydrogen) atoms. The van der Waals surface area contributed by atoms with Crippen molar-refractivity contribution in [3.8, 4) is 0 Å². The molecule has 5 nitrogen and oxygen atoms in total. The van der Waals surface area contributed by atoms with Gasteiger partial charge in [-0.05, 0) is 18.2 Å². The molecular formula is C13H10BrN3O2. The number of hydrogen-bond donors (Lipinski definition) is 1. The van der Waals surface area contributed by atoms with Crippen molar-refractivity contribution in [2.24, 2.45) is 0 Å². The van der Waals surface area contributed by atoms with Gasteiger partial charge < -0.3 is 4.98 Å². The summed E-state index contributed by atoms with van der Waals surface area (Å²) in [6.45, 7) is 0.331. The van der Waals surface area contributed by atoms with Gasteiger partial charge in [0.1, 0.15) is 5.82 Å². The van der Waals surface area contributed by atoms with Crippen LogP contribution >= 0.6 is 15.9 Å². The lowest BCUT2D eigenvalue weighted by Gasteiger charge is -2.12. The summed E-state index contributed by atoms with van der Waals surface area (Å²) >= 11 is 3.31. The second-order valence-electron chi connectivity index (χ2n) is 4.24. The highest BCUT2D eigenvalue weighted by Gasteiger charge is 2.35. The molecule has 0 saturated carbocycles. The maximum absolute atomic E-state index is 12.2. The summed E-state index contributed by atoms with van der Waals surface area (Å²) in [4.78, 5) is 32.6. The third kappa shape index (κ3) is 2.08. The van der Waals surface area contributed by atoms with Crippen molar-refractivity contribution in [2.45, 2.75) is 6.42 Å². The first-order valence-electron chi connectivity index (χ1n) is 5.81. The number of nitrogens with zero attached hydrogens (tertiary/aromatic N) is 2. The lowest BCUT2D eigenvalue weighted by Crippen LogP contribution is -2.31. The van der Waals surface area contributed by atoms with Crippen LogP contribution in [0.25, 0.3) is 0 Å². The number of halogens is 1. The zero-order valence-corrected chi connectivity index (χ0v) is 11.5. The third-order valence-corrected chi connectivity index (χ3v) is 3.55. The molecule has 3 rings (SSSR count). The van der Waals surface area contributed by atoms with E-state index in [9.17, 15) is 9.59 Å². The van der Waals surface area contributed by atoms with Crippen molar-refractivity contribution < 1.29 is 9.59 Å². The van der Waals surface area contributed by atoms with Gasteiger partial charge in [-0.3, -0.25) is 14.5 Å². The Kier molecular flexibility index (Phi) is 2.94. The highest BCUT2D eigenvalue weighted by atomic mass is 79.9. The van der Waals surface area contributed by atoms with Crippen LogP contribution in [0, 0.1) is 0 Å². The first-order chi connectivity index (χ1) is 9.16. The molecular weight excluding hydrogens is 310 g/mol. The number of fused-ring (bicyclic) bond motifs is 1. The molecule has 0 fully saturated rings. The number of carbonyl (C=O) groups excluding carboxylic acids is 2. The van der Waals surface area contributed by atoms with Crippen molar-refractivity contribution in [1.29, 1.82) is 0 Å². The quantitative estimate of drug-likeness (QED) is 0.880. The fourth-order valence-electron chi connectivity index (χ4n) is 2.12. The molecule has 0 unspecified atom stereocenters. The highest BCUT2D eigenvalue weighted by Crippen LogP contribution is 2.25. The Bertz CT molecular complexity index is 652. The van der Waals surface area contributed by atoms with E-state index in [1.807, 2.05) is 0 Å². The number of aromatic amines is 1. The van der Waals surface area contributed by atoms with E-state index >= 15 is 0 Å². The summed E-state index contributed by atoms with van der Waals surface area (Å²) < 4.78 is 0.792. The Labute approximate surface area is 117 Å². The lowest BCUT2D eigenvalue weighted by molar-refractivity contribution is 0.0655. The van der Waals surface area contributed by atoms with Crippen molar-refractivity contribution in [3.63, 3.8) is 0 Å². The molecule has 0 spiro atoms. The molecule has 1 aromatic heterocycles. The summed E-state index contributed by atoms with van der Waals surface area (Å²) in [5, 5.41) is 0. The largest absolute Gasteiger partial charge is 0.349 e. The number of H-pyrrole nitrogens is 1. The van der Waals surface area contributed by atoms with E-state index < -0.39 is 0 Å². The van der Waals surface area contributed by atoms with Crippen molar-refractivity contribution >= 4 is 27.7 Å². The lowest BCUT2D eigenvalue weighted by atomic mass is 10.1. The molecule has 0 atom stereocenters. The number of rotatable bonds is 3. The number of hydrogen-bond acceptors (Lipinski definition) is 3. The van der Waals surface area contributed by atoms with E-state index in [1.54, 1.807) is 30.6 Å². The van der Waals surface area contributed by atoms with Crippen LogP contribution < -0.4 is 0 Å². The van der Waals surface area contributed by atoms with Crippen LogP contribution in [0.5, 0.6) is 0 Å². The standard InChI is InChI=1S/C13H10BrN3O2/c14-8-1-2-9-10(7-8)13(19)17(12(9)18)6-3-11-15-4-5-16-11/h1-2,4-5,7H,3,6H2,(H,15,16). The molecule has 2 aromatic rings. The molecule has 2 heterocycles. The van der Waals surface area contributed by atoms with Crippen LogP contribution in [0.3, 0.4) is 0 Å². The minimum atomic E-state index is -0.243. The van der Waals surface area contributed by atoms with Gasteiger partial charge in [-0.15, -0.1) is 0 Å². The Morgan fingerprint density at radius 3 is 2.74 bits per heavy atom. The third-order valence-electron chi connectivity index (χ3n) is 3.06. The SMILES string of the molecule is O=C1c2ccc(Br)cc2C(=O)N1CCc1ncc[nH]1. The van der Waals surface area contributed by atoms with Crippen molar-refractivity contribution in [3.05, 3.63) is 52.0 Å². The van der Waals surface area contributed by atoms with E-state index in [2.05, 4.69) is 25.9 Å². The minimum Gasteiger partial charge on any atom is -0.349 e. The summed E-state index contributed by atoms with van der Waals surface area (Å²) in [6.07, 6.45) is 3.89. The molecule has 0 aliphatic carbocycles. The summed E-state index contributed by atoms with van der Waals surface area (Å²) in [6, 6.07) is 5.12. The zero-order valence-electron chi connectivity index (χ0n) is 9.89. The highest BCUT2D eigenvalue weighted by molar-refractivity contribution is 9.10. The number of imidazole rings is 1. The Morgan fingerprint density at radius 1 is 1.21 bits per heavy atom. The van der Waals surface area contributed by atoms with Crippen LogP contribution in [0.1, 0.15) is 26.5 Å². The first kappa shape index (κ1) is 12.1. The maximum atomic E-state index is 12.2. The average molecular weight is 320 g/mol. The summed E-state index contributed by atoms with van der Waals surface area (Å²) in [7, 11) is 0. The van der Waals surface area contributed by atoms with Crippen LogP contribution in [-0.2, 0) is 6.42 Å². The Hall–Kier alpha value is -1.95. The predicted octanol–water partition coefficient (Wildman–Crippen LogP) is 2.01. The smallest absolute Gasteiger partial charge is 0.261 e. The van der Waals surface area contributed by atoms with Gasteiger partial charge in [0.25, 0.3) is 11.8 Å². The number of benzene rings is 1. The van der Waals surface area contributed by atoms with Crippen LogP contribution in [0.4, 0.5) is 0 Å². The van der Waals surface area contributed by atoms with Gasteiger partial charge in [0.2, 0.25) is 0 Å². The van der Waals surface area contributed by atoms with Crippen LogP contribution in [0.2, 0.25) is 0 Å². The molecule has 1 aliphatic heterocycles. The molecule has 1 aliphatic rings. The van der Waals surface area contributed by atoms with Crippen molar-refractivity contribution in [1.82, 2.24) is 14.9 Å². The predicted molar refractivity (Wildman–Crippen MR) is 71.8 cm³/mol. The molecule has 1 aromatic carbocycles. The van der Waals surface area contributed by atoms with E-state index in [4.69, 9.17) is 0 Å². The van der Waals surface area contributed by atoms with Crippen molar-refractivity contribution in [2.75, 3.05) is 6.54 Å². The molecule has 2 amide bonds. The van der Waals surface area contributed by atoms with E-state index in [-0.39, 0.29) is 11.8 Å². The van der Waals surface area contributed by atoms with Crippen LogP contribution in [-0.4, -0.2) is 33.2 Å². The zero-order chi connectivity index (χ0) is 13.4. The van der Waals surface area contributed by atoms with E-state index in [0.717, 1.165) is 10.3 Å². The number of carbonyl (C=O) groups is 2. The molecule has 1 N–H and O–H groups in total. The van der Waals surface area contributed by atoms with Gasteiger partial charge in [0.05, 0.1) is 11.1 Å². The summed E-state index contributed by atoms with van der Waals surface area (Å²) in [5.41, 5.74) is 0.923. The number of aromatic nitrogens is 2. The monoisotopic (exact) mass is 319 g/mol. The minimum absolute atomic E-state index is 0.237. The summed E-state index contributed by atoms with van der Waals surface area (Å²) in [5.74, 6) is 0.282. The number of imide groups is 1. The number of amides is 2. The topological polar surface area (TPSA) is 66.1 Å².